The summed E-state index contributed by atoms with van der Waals surface area (Å²) in [5.74, 6) is -0.0256. The van der Waals surface area contributed by atoms with E-state index in [0.29, 0.717) is 21.9 Å². The largest absolute Gasteiger partial charge is 0.368 e. The Hall–Kier alpha value is -1.14. The number of amides is 1. The zero-order chi connectivity index (χ0) is 11.7. The van der Waals surface area contributed by atoms with Crippen molar-refractivity contribution in [3.8, 4) is 0 Å². The number of primary amides is 1. The summed E-state index contributed by atoms with van der Waals surface area (Å²) in [6.07, 6.45) is 2.02. The van der Waals surface area contributed by atoms with Gasteiger partial charge in [0.05, 0.1) is 5.02 Å². The number of carbonyl (C=O) groups excluding carboxylic acids is 1. The minimum atomic E-state index is -0.540. The van der Waals surface area contributed by atoms with Crippen LogP contribution in [0.2, 0.25) is 5.02 Å². The van der Waals surface area contributed by atoms with Crippen molar-refractivity contribution in [2.45, 2.75) is 12.5 Å². The molecule has 0 saturated carbocycles. The number of aromatic nitrogens is 1. The van der Waals surface area contributed by atoms with E-state index in [2.05, 4.69) is 26.0 Å². The molecule has 1 aromatic heterocycles. The molecule has 84 valence electrons. The van der Waals surface area contributed by atoms with Gasteiger partial charge >= 0.3 is 0 Å². The molecule has 16 heavy (non-hydrogen) atoms. The fourth-order valence-corrected chi connectivity index (χ4v) is 2.12. The van der Waals surface area contributed by atoms with Gasteiger partial charge < -0.3 is 5.73 Å². The molecule has 0 bridgehead atoms. The van der Waals surface area contributed by atoms with Crippen molar-refractivity contribution in [1.29, 1.82) is 0 Å². The summed E-state index contributed by atoms with van der Waals surface area (Å²) < 4.78 is 0.651. The second kappa shape index (κ2) is 4.39. The lowest BCUT2D eigenvalue weighted by Gasteiger charge is -2.20. The third-order valence-corrected chi connectivity index (χ3v) is 2.94. The Labute approximate surface area is 105 Å². The molecule has 0 fully saturated rings. The number of halogens is 2. The number of hydrazone groups is 1. The molecule has 2 N–H and O–H groups in total. The van der Waals surface area contributed by atoms with Crippen molar-refractivity contribution in [3.05, 3.63) is 23.4 Å². The lowest BCUT2D eigenvalue weighted by Crippen LogP contribution is -2.39. The summed E-state index contributed by atoms with van der Waals surface area (Å²) in [4.78, 5) is 15.3. The van der Waals surface area contributed by atoms with Gasteiger partial charge in [-0.25, -0.2) is 9.99 Å². The molecule has 1 amide bonds. The van der Waals surface area contributed by atoms with Crippen molar-refractivity contribution in [2.75, 3.05) is 5.01 Å². The fourth-order valence-electron chi connectivity index (χ4n) is 1.44. The Kier molecular flexibility index (Phi) is 3.11. The summed E-state index contributed by atoms with van der Waals surface area (Å²) in [6, 6.07) is 2.85. The first-order valence-corrected chi connectivity index (χ1v) is 5.68. The predicted molar refractivity (Wildman–Crippen MR) is 65.7 cm³/mol. The number of hydrogen-bond acceptors (Lipinski definition) is 4. The molecule has 0 spiro atoms. The van der Waals surface area contributed by atoms with E-state index in [1.54, 1.807) is 18.3 Å². The molecule has 0 aromatic carbocycles. The molecule has 2 rings (SSSR count). The van der Waals surface area contributed by atoms with Crippen LogP contribution < -0.4 is 10.7 Å². The van der Waals surface area contributed by atoms with Gasteiger partial charge in [0.15, 0.2) is 5.82 Å². The molecule has 0 aliphatic carbocycles. The third-order valence-electron chi connectivity index (χ3n) is 2.16. The van der Waals surface area contributed by atoms with E-state index in [-0.39, 0.29) is 0 Å². The predicted octanol–water partition coefficient (Wildman–Crippen LogP) is 1.51. The lowest BCUT2D eigenvalue weighted by molar-refractivity contribution is -0.119. The number of anilines is 1. The van der Waals surface area contributed by atoms with E-state index >= 15 is 0 Å². The molecular formula is C9H8BrClN4O. The van der Waals surface area contributed by atoms with Crippen LogP contribution in [0, 0.1) is 0 Å². The highest BCUT2D eigenvalue weighted by Crippen LogP contribution is 2.29. The zero-order valence-corrected chi connectivity index (χ0v) is 10.4. The maximum atomic E-state index is 11.3. The van der Waals surface area contributed by atoms with E-state index in [9.17, 15) is 4.79 Å². The van der Waals surface area contributed by atoms with Crippen LogP contribution in [0.3, 0.4) is 0 Å². The topological polar surface area (TPSA) is 71.6 Å². The highest BCUT2D eigenvalue weighted by molar-refractivity contribution is 9.18. The maximum absolute atomic E-state index is 11.3. The molecule has 1 aliphatic heterocycles. The highest BCUT2D eigenvalue weighted by atomic mass is 79.9. The quantitative estimate of drug-likeness (QED) is 0.900. The van der Waals surface area contributed by atoms with Crippen LogP contribution in [0.5, 0.6) is 0 Å². The minimum Gasteiger partial charge on any atom is -0.368 e. The molecule has 1 aromatic rings. The molecule has 2 heterocycles. The van der Waals surface area contributed by atoms with E-state index < -0.39 is 11.9 Å². The van der Waals surface area contributed by atoms with E-state index in [0.717, 1.165) is 0 Å². The first kappa shape index (κ1) is 11.3. The average Bonchev–Trinajstić information content (AvgIpc) is 2.61. The number of nitrogens with zero attached hydrogens (tertiary/aromatic N) is 3. The molecule has 0 saturated heterocycles. The second-order valence-electron chi connectivity index (χ2n) is 3.25. The van der Waals surface area contributed by atoms with Crippen LogP contribution >= 0.6 is 27.5 Å². The molecule has 1 unspecified atom stereocenters. The maximum Gasteiger partial charge on any atom is 0.242 e. The Balaban J connectivity index is 2.39. The second-order valence-corrected chi connectivity index (χ2v) is 4.57. The molecule has 1 atom stereocenters. The Morgan fingerprint density at radius 3 is 3.06 bits per heavy atom. The van der Waals surface area contributed by atoms with Crippen molar-refractivity contribution < 1.29 is 4.79 Å². The first-order valence-electron chi connectivity index (χ1n) is 4.51. The van der Waals surface area contributed by atoms with Crippen molar-refractivity contribution in [1.82, 2.24) is 4.98 Å². The Morgan fingerprint density at radius 2 is 2.44 bits per heavy atom. The van der Waals surface area contributed by atoms with Gasteiger partial charge in [0, 0.05) is 12.6 Å². The monoisotopic (exact) mass is 302 g/mol. The van der Waals surface area contributed by atoms with E-state index in [1.807, 2.05) is 0 Å². The number of carbonyl (C=O) groups is 1. The van der Waals surface area contributed by atoms with E-state index in [4.69, 9.17) is 17.3 Å². The van der Waals surface area contributed by atoms with Crippen molar-refractivity contribution in [3.63, 3.8) is 0 Å². The van der Waals surface area contributed by atoms with Crippen LogP contribution in [0.25, 0.3) is 0 Å². The van der Waals surface area contributed by atoms with Crippen LogP contribution in [0.15, 0.2) is 23.4 Å². The molecule has 7 heteroatoms. The van der Waals surface area contributed by atoms with Gasteiger partial charge in [-0.2, -0.15) is 5.10 Å². The normalized spacial score (nSPS) is 19.8. The minimum absolute atomic E-state index is 0.430. The number of hydrogen-bond donors (Lipinski definition) is 1. The summed E-state index contributed by atoms with van der Waals surface area (Å²) in [5, 5.41) is 6.01. The number of pyridine rings is 1. The molecule has 0 radical (unpaired) electrons. The van der Waals surface area contributed by atoms with Crippen LogP contribution in [-0.4, -0.2) is 21.6 Å². The van der Waals surface area contributed by atoms with Gasteiger partial charge in [-0.1, -0.05) is 11.6 Å². The summed E-state index contributed by atoms with van der Waals surface area (Å²) in [5.41, 5.74) is 5.29. The van der Waals surface area contributed by atoms with Gasteiger partial charge in [-0.05, 0) is 28.1 Å². The van der Waals surface area contributed by atoms with Gasteiger partial charge in [0.25, 0.3) is 0 Å². The van der Waals surface area contributed by atoms with Crippen LogP contribution in [0.1, 0.15) is 6.42 Å². The molecular weight excluding hydrogens is 295 g/mol. The Morgan fingerprint density at radius 1 is 1.69 bits per heavy atom. The first-order chi connectivity index (χ1) is 7.59. The lowest BCUT2D eigenvalue weighted by atomic mass is 10.2. The van der Waals surface area contributed by atoms with Crippen molar-refractivity contribution in [2.24, 2.45) is 10.8 Å². The Bertz CT molecular complexity index is 465. The smallest absolute Gasteiger partial charge is 0.242 e. The number of nitrogens with two attached hydrogens (primary N) is 1. The van der Waals surface area contributed by atoms with Crippen LogP contribution in [0.4, 0.5) is 5.82 Å². The standard InChI is InChI=1S/C9H8BrClN4O/c10-7-4-6(8(12)16)15(14-7)9-5(11)2-1-3-13-9/h1-3,6H,4H2,(H2,12,16). The number of rotatable bonds is 2. The van der Waals surface area contributed by atoms with Crippen LogP contribution in [-0.2, 0) is 4.79 Å². The van der Waals surface area contributed by atoms with Gasteiger partial charge in [-0.15, -0.1) is 0 Å². The molecule has 1 aliphatic rings. The van der Waals surface area contributed by atoms with Crippen molar-refractivity contribution >= 4 is 43.9 Å². The summed E-state index contributed by atoms with van der Waals surface area (Å²) in [6.45, 7) is 0. The fraction of sp³-hybridized carbons (Fsp3) is 0.222. The SMILES string of the molecule is NC(=O)C1CC(Br)=NN1c1ncccc1Cl. The third kappa shape index (κ3) is 2.03. The van der Waals surface area contributed by atoms with Gasteiger partial charge in [-0.3, -0.25) is 4.79 Å². The average molecular weight is 304 g/mol. The highest BCUT2D eigenvalue weighted by Gasteiger charge is 2.32. The summed E-state index contributed by atoms with van der Waals surface area (Å²) >= 11 is 9.22. The zero-order valence-electron chi connectivity index (χ0n) is 8.10. The summed E-state index contributed by atoms with van der Waals surface area (Å²) in [7, 11) is 0. The van der Waals surface area contributed by atoms with Gasteiger partial charge in [0.1, 0.15) is 10.7 Å². The van der Waals surface area contributed by atoms with Gasteiger partial charge in [0.2, 0.25) is 5.91 Å². The van der Waals surface area contributed by atoms with E-state index in [1.165, 1.54) is 5.01 Å². The molecule has 5 nitrogen and oxygen atoms in total.